The van der Waals surface area contributed by atoms with Crippen molar-refractivity contribution in [3.63, 3.8) is 0 Å². The predicted octanol–water partition coefficient (Wildman–Crippen LogP) is -0.967. The van der Waals surface area contributed by atoms with Crippen molar-refractivity contribution in [1.82, 2.24) is 0 Å². The van der Waals surface area contributed by atoms with Gasteiger partial charge in [0.05, 0.1) is 14.5 Å². The third-order valence-corrected chi connectivity index (χ3v) is 1.80. The second-order valence-corrected chi connectivity index (χ2v) is 2.65. The van der Waals surface area contributed by atoms with Gasteiger partial charge in [-0.15, -0.1) is 0 Å². The molecule has 1 heterocycles. The van der Waals surface area contributed by atoms with E-state index >= 15 is 0 Å². The summed E-state index contributed by atoms with van der Waals surface area (Å²) in [5.41, 5.74) is 0. The number of rotatable bonds is 1. The number of halogens is 1. The Morgan fingerprint density at radius 1 is 1.64 bits per heavy atom. The van der Waals surface area contributed by atoms with Crippen LogP contribution in [0.2, 0.25) is 5.82 Å². The zero-order valence-electron chi connectivity index (χ0n) is 5.98. The molecule has 1 fully saturated rings. The average molecular weight is 160 g/mol. The largest absolute Gasteiger partial charge is 0.394 e. The van der Waals surface area contributed by atoms with Gasteiger partial charge in [0.1, 0.15) is 18.4 Å². The Morgan fingerprint density at radius 3 is 2.82 bits per heavy atom. The summed E-state index contributed by atoms with van der Waals surface area (Å²) >= 11 is 0. The summed E-state index contributed by atoms with van der Waals surface area (Å²) in [5.74, 6) is -0.784. The first-order valence-corrected chi connectivity index (χ1v) is 3.47. The molecule has 0 saturated carbocycles. The molecule has 0 aromatic heterocycles. The quantitative estimate of drug-likeness (QED) is 0.485. The Labute approximate surface area is 65.6 Å². The third kappa shape index (κ3) is 1.72. The molecule has 1 aliphatic heterocycles. The van der Waals surface area contributed by atoms with Crippen LogP contribution in [0.25, 0.3) is 0 Å². The molecule has 0 aliphatic carbocycles. The van der Waals surface area contributed by atoms with Gasteiger partial charge in [-0.2, -0.15) is 0 Å². The molecule has 0 aromatic rings. The number of aliphatic hydroxyl groups is 2. The molecule has 5 heteroatoms. The van der Waals surface area contributed by atoms with Crippen LogP contribution in [0, 0.1) is 0 Å². The SMILES string of the molecule is [B][C@@H]1CO[C@H](CO)[C@@H](O)[C@H]1F. The van der Waals surface area contributed by atoms with E-state index in [-0.39, 0.29) is 13.2 Å². The van der Waals surface area contributed by atoms with Crippen LogP contribution in [-0.4, -0.2) is 49.7 Å². The van der Waals surface area contributed by atoms with E-state index in [1.165, 1.54) is 0 Å². The van der Waals surface area contributed by atoms with Crippen LogP contribution < -0.4 is 0 Å². The second kappa shape index (κ2) is 3.52. The number of hydrogen-bond acceptors (Lipinski definition) is 3. The zero-order chi connectivity index (χ0) is 8.43. The maximum atomic E-state index is 12.8. The molecule has 11 heavy (non-hydrogen) atoms. The van der Waals surface area contributed by atoms with Crippen molar-refractivity contribution in [1.29, 1.82) is 0 Å². The summed E-state index contributed by atoms with van der Waals surface area (Å²) in [6, 6.07) is 0. The molecule has 0 amide bonds. The van der Waals surface area contributed by atoms with E-state index in [4.69, 9.17) is 22.8 Å². The first-order chi connectivity index (χ1) is 5.16. The minimum Gasteiger partial charge on any atom is -0.394 e. The lowest BCUT2D eigenvalue weighted by molar-refractivity contribution is -0.126. The lowest BCUT2D eigenvalue weighted by atomic mass is 9.79. The van der Waals surface area contributed by atoms with Gasteiger partial charge in [-0.05, 0) is 5.82 Å². The average Bonchev–Trinajstić information content (AvgIpc) is 2.01. The summed E-state index contributed by atoms with van der Waals surface area (Å²) in [5, 5.41) is 17.6. The molecule has 0 spiro atoms. The van der Waals surface area contributed by atoms with Gasteiger partial charge < -0.3 is 14.9 Å². The van der Waals surface area contributed by atoms with Crippen LogP contribution in [0.15, 0.2) is 0 Å². The fourth-order valence-electron chi connectivity index (χ4n) is 1.04. The van der Waals surface area contributed by atoms with Crippen LogP contribution in [-0.2, 0) is 4.74 Å². The van der Waals surface area contributed by atoms with Gasteiger partial charge in [0.25, 0.3) is 0 Å². The van der Waals surface area contributed by atoms with E-state index in [1.54, 1.807) is 0 Å². The Kier molecular flexibility index (Phi) is 2.87. The number of ether oxygens (including phenoxy) is 1. The van der Waals surface area contributed by atoms with Gasteiger partial charge in [0.15, 0.2) is 0 Å². The smallest absolute Gasteiger partial charge is 0.126 e. The van der Waals surface area contributed by atoms with E-state index in [2.05, 4.69) is 0 Å². The van der Waals surface area contributed by atoms with E-state index in [9.17, 15) is 4.39 Å². The highest BCUT2D eigenvalue weighted by molar-refractivity contribution is 6.12. The molecule has 2 radical (unpaired) electrons. The topological polar surface area (TPSA) is 49.7 Å². The molecule has 1 saturated heterocycles. The maximum absolute atomic E-state index is 12.8. The zero-order valence-corrected chi connectivity index (χ0v) is 5.98. The molecule has 2 N–H and O–H groups in total. The summed E-state index contributed by atoms with van der Waals surface area (Å²) in [4.78, 5) is 0. The highest BCUT2D eigenvalue weighted by atomic mass is 19.1. The van der Waals surface area contributed by atoms with Crippen LogP contribution in [0.5, 0.6) is 0 Å². The summed E-state index contributed by atoms with van der Waals surface area (Å²) < 4.78 is 17.7. The Morgan fingerprint density at radius 2 is 2.27 bits per heavy atom. The Balaban J connectivity index is 2.52. The molecule has 0 unspecified atom stereocenters. The molecule has 0 aromatic carbocycles. The number of aliphatic hydroxyl groups excluding tert-OH is 2. The van der Waals surface area contributed by atoms with E-state index < -0.39 is 24.2 Å². The summed E-state index contributed by atoms with van der Waals surface area (Å²) in [6.07, 6.45) is -3.63. The molecule has 3 nitrogen and oxygen atoms in total. The van der Waals surface area contributed by atoms with Crippen LogP contribution in [0.1, 0.15) is 0 Å². The van der Waals surface area contributed by atoms with E-state index in [0.717, 1.165) is 0 Å². The lowest BCUT2D eigenvalue weighted by Gasteiger charge is -2.33. The summed E-state index contributed by atoms with van der Waals surface area (Å²) in [6.45, 7) is -0.336. The lowest BCUT2D eigenvalue weighted by Crippen LogP contribution is -2.47. The Bertz CT molecular complexity index is 133. The molecular formula is C6H10BFO3. The van der Waals surface area contributed by atoms with Crippen molar-refractivity contribution in [2.75, 3.05) is 13.2 Å². The van der Waals surface area contributed by atoms with Gasteiger partial charge in [-0.1, -0.05) is 0 Å². The predicted molar refractivity (Wildman–Crippen MR) is 37.2 cm³/mol. The van der Waals surface area contributed by atoms with Crippen molar-refractivity contribution < 1.29 is 19.3 Å². The standard InChI is InChI=1S/C6H10BFO3/c7-3-2-11-4(1-9)6(10)5(3)8/h3-6,9-10H,1-2H2/t3-,4-,5+,6-/m1/s1. The third-order valence-electron chi connectivity index (χ3n) is 1.80. The monoisotopic (exact) mass is 160 g/mol. The van der Waals surface area contributed by atoms with Crippen molar-refractivity contribution in [3.05, 3.63) is 0 Å². The van der Waals surface area contributed by atoms with Crippen molar-refractivity contribution >= 4 is 7.85 Å². The first-order valence-electron chi connectivity index (χ1n) is 3.47. The molecule has 1 aliphatic rings. The fraction of sp³-hybridized carbons (Fsp3) is 1.00. The summed E-state index contributed by atoms with van der Waals surface area (Å²) in [7, 11) is 5.24. The molecular weight excluding hydrogens is 150 g/mol. The minimum absolute atomic E-state index is 0.0451. The maximum Gasteiger partial charge on any atom is 0.126 e. The van der Waals surface area contributed by atoms with E-state index in [0.29, 0.717) is 0 Å². The highest BCUT2D eigenvalue weighted by Crippen LogP contribution is 2.24. The Hall–Kier alpha value is -0.125. The minimum atomic E-state index is -1.50. The van der Waals surface area contributed by atoms with Gasteiger partial charge in [-0.25, -0.2) is 4.39 Å². The van der Waals surface area contributed by atoms with E-state index in [1.807, 2.05) is 0 Å². The van der Waals surface area contributed by atoms with Crippen molar-refractivity contribution in [2.24, 2.45) is 0 Å². The van der Waals surface area contributed by atoms with Crippen LogP contribution in [0.3, 0.4) is 0 Å². The first kappa shape index (κ1) is 8.97. The van der Waals surface area contributed by atoms with Gasteiger partial charge in [0.2, 0.25) is 0 Å². The molecule has 0 bridgehead atoms. The molecule has 4 atom stereocenters. The normalized spacial score (nSPS) is 45.7. The fourth-order valence-corrected chi connectivity index (χ4v) is 1.04. The highest BCUT2D eigenvalue weighted by Gasteiger charge is 2.36. The van der Waals surface area contributed by atoms with Crippen LogP contribution in [0.4, 0.5) is 4.39 Å². The molecule has 62 valence electrons. The van der Waals surface area contributed by atoms with Gasteiger partial charge >= 0.3 is 0 Å². The number of alkyl halides is 1. The second-order valence-electron chi connectivity index (χ2n) is 2.65. The number of hydrogen-bond donors (Lipinski definition) is 2. The molecule has 1 rings (SSSR count). The van der Waals surface area contributed by atoms with Crippen molar-refractivity contribution in [2.45, 2.75) is 24.2 Å². The van der Waals surface area contributed by atoms with Gasteiger partial charge in [0, 0.05) is 6.61 Å². The van der Waals surface area contributed by atoms with Crippen LogP contribution >= 0.6 is 0 Å². The van der Waals surface area contributed by atoms with Gasteiger partial charge in [-0.3, -0.25) is 0 Å². The van der Waals surface area contributed by atoms with Crippen molar-refractivity contribution in [3.8, 4) is 0 Å².